The highest BCUT2D eigenvalue weighted by molar-refractivity contribution is 4.65. The maximum atomic E-state index is 5.74. The summed E-state index contributed by atoms with van der Waals surface area (Å²) in [5.41, 5.74) is 0. The molecule has 0 aromatic heterocycles. The fourth-order valence-electron chi connectivity index (χ4n) is 1.91. The molecule has 1 heterocycles. The van der Waals surface area contributed by atoms with E-state index in [0.717, 1.165) is 32.7 Å². The molecule has 0 amide bonds. The highest BCUT2D eigenvalue weighted by Gasteiger charge is 2.16. The van der Waals surface area contributed by atoms with Crippen molar-refractivity contribution in [2.45, 2.75) is 58.2 Å². The van der Waals surface area contributed by atoms with E-state index >= 15 is 0 Å². The zero-order valence-corrected chi connectivity index (χ0v) is 10.8. The Bertz CT molecular complexity index is 158. The summed E-state index contributed by atoms with van der Waals surface area (Å²) in [6.45, 7) is 8.10. The Morgan fingerprint density at radius 1 is 1.44 bits per heavy atom. The van der Waals surface area contributed by atoms with Gasteiger partial charge in [-0.3, -0.25) is 0 Å². The summed E-state index contributed by atoms with van der Waals surface area (Å²) in [5.74, 6) is 0. The van der Waals surface area contributed by atoms with Crippen molar-refractivity contribution < 1.29 is 9.47 Å². The quantitative estimate of drug-likeness (QED) is 0.616. The SMILES string of the molecule is CCCCCNCC(C)OCC1CCCO1. The van der Waals surface area contributed by atoms with Crippen molar-refractivity contribution in [3.05, 3.63) is 0 Å². The van der Waals surface area contributed by atoms with Crippen LogP contribution in [-0.2, 0) is 9.47 Å². The fourth-order valence-corrected chi connectivity index (χ4v) is 1.91. The molecule has 3 nitrogen and oxygen atoms in total. The maximum Gasteiger partial charge on any atom is 0.0809 e. The van der Waals surface area contributed by atoms with Crippen molar-refractivity contribution in [1.82, 2.24) is 5.32 Å². The van der Waals surface area contributed by atoms with Crippen LogP contribution in [0.5, 0.6) is 0 Å². The van der Waals surface area contributed by atoms with Gasteiger partial charge in [0.15, 0.2) is 0 Å². The summed E-state index contributed by atoms with van der Waals surface area (Å²) in [7, 11) is 0. The van der Waals surface area contributed by atoms with Gasteiger partial charge >= 0.3 is 0 Å². The van der Waals surface area contributed by atoms with E-state index in [0.29, 0.717) is 12.2 Å². The van der Waals surface area contributed by atoms with Crippen molar-refractivity contribution in [2.75, 3.05) is 26.3 Å². The van der Waals surface area contributed by atoms with Gasteiger partial charge < -0.3 is 14.8 Å². The largest absolute Gasteiger partial charge is 0.376 e. The lowest BCUT2D eigenvalue weighted by Gasteiger charge is -2.16. The second-order valence-corrected chi connectivity index (χ2v) is 4.69. The molecular formula is C13H27NO2. The Hall–Kier alpha value is -0.120. The Morgan fingerprint density at radius 3 is 3.00 bits per heavy atom. The van der Waals surface area contributed by atoms with Gasteiger partial charge in [0.2, 0.25) is 0 Å². The molecule has 2 unspecified atom stereocenters. The highest BCUT2D eigenvalue weighted by Crippen LogP contribution is 2.12. The van der Waals surface area contributed by atoms with E-state index < -0.39 is 0 Å². The van der Waals surface area contributed by atoms with Crippen molar-refractivity contribution in [2.24, 2.45) is 0 Å². The van der Waals surface area contributed by atoms with E-state index in [-0.39, 0.29) is 0 Å². The van der Waals surface area contributed by atoms with Crippen LogP contribution >= 0.6 is 0 Å². The van der Waals surface area contributed by atoms with Crippen molar-refractivity contribution in [3.63, 3.8) is 0 Å². The minimum Gasteiger partial charge on any atom is -0.376 e. The predicted molar refractivity (Wildman–Crippen MR) is 66.8 cm³/mol. The molecule has 2 atom stereocenters. The first kappa shape index (κ1) is 13.9. The normalized spacial score (nSPS) is 22.5. The van der Waals surface area contributed by atoms with Gasteiger partial charge in [0.05, 0.1) is 18.8 Å². The van der Waals surface area contributed by atoms with Crippen molar-refractivity contribution >= 4 is 0 Å². The van der Waals surface area contributed by atoms with E-state index in [1.165, 1.54) is 25.7 Å². The van der Waals surface area contributed by atoms with Gasteiger partial charge in [-0.1, -0.05) is 19.8 Å². The van der Waals surface area contributed by atoms with E-state index in [1.54, 1.807) is 0 Å². The second kappa shape index (κ2) is 8.97. The number of rotatable bonds is 9. The van der Waals surface area contributed by atoms with Crippen molar-refractivity contribution in [3.8, 4) is 0 Å². The molecule has 1 N–H and O–H groups in total. The highest BCUT2D eigenvalue weighted by atomic mass is 16.5. The van der Waals surface area contributed by atoms with Crippen LogP contribution in [0.15, 0.2) is 0 Å². The van der Waals surface area contributed by atoms with Crippen LogP contribution in [0.3, 0.4) is 0 Å². The average molecular weight is 229 g/mol. The molecular weight excluding hydrogens is 202 g/mol. The molecule has 0 aromatic carbocycles. The number of nitrogens with one attached hydrogen (secondary N) is 1. The molecule has 1 aliphatic heterocycles. The molecule has 1 rings (SSSR count). The molecule has 0 aromatic rings. The molecule has 0 radical (unpaired) electrons. The number of hydrogen-bond donors (Lipinski definition) is 1. The van der Waals surface area contributed by atoms with Crippen LogP contribution in [0, 0.1) is 0 Å². The second-order valence-electron chi connectivity index (χ2n) is 4.69. The Labute approximate surface area is 99.9 Å². The van der Waals surface area contributed by atoms with Crippen LogP contribution in [-0.4, -0.2) is 38.5 Å². The van der Waals surface area contributed by atoms with Crippen LogP contribution in [0.4, 0.5) is 0 Å². The van der Waals surface area contributed by atoms with E-state index in [2.05, 4.69) is 19.2 Å². The summed E-state index contributed by atoms with van der Waals surface area (Å²) in [6, 6.07) is 0. The molecule has 16 heavy (non-hydrogen) atoms. The molecule has 0 saturated carbocycles. The predicted octanol–water partition coefficient (Wildman–Crippen LogP) is 2.35. The van der Waals surface area contributed by atoms with E-state index in [1.807, 2.05) is 0 Å². The molecule has 96 valence electrons. The van der Waals surface area contributed by atoms with Crippen molar-refractivity contribution in [1.29, 1.82) is 0 Å². The van der Waals surface area contributed by atoms with Crippen LogP contribution in [0.1, 0.15) is 46.0 Å². The minimum atomic E-state index is 0.297. The maximum absolute atomic E-state index is 5.74. The molecule has 0 bridgehead atoms. The summed E-state index contributed by atoms with van der Waals surface area (Å²) in [4.78, 5) is 0. The van der Waals surface area contributed by atoms with Crippen LogP contribution in [0.2, 0.25) is 0 Å². The smallest absolute Gasteiger partial charge is 0.0809 e. The number of unbranched alkanes of at least 4 members (excludes halogenated alkanes) is 2. The van der Waals surface area contributed by atoms with Gasteiger partial charge in [-0.25, -0.2) is 0 Å². The third kappa shape index (κ3) is 6.46. The van der Waals surface area contributed by atoms with E-state index in [4.69, 9.17) is 9.47 Å². The topological polar surface area (TPSA) is 30.5 Å². The Morgan fingerprint density at radius 2 is 2.31 bits per heavy atom. The minimum absolute atomic E-state index is 0.297. The van der Waals surface area contributed by atoms with Gasteiger partial charge in [-0.2, -0.15) is 0 Å². The first-order valence-corrected chi connectivity index (χ1v) is 6.77. The average Bonchev–Trinajstić information content (AvgIpc) is 2.79. The van der Waals surface area contributed by atoms with E-state index in [9.17, 15) is 0 Å². The Balaban J connectivity index is 1.87. The number of hydrogen-bond acceptors (Lipinski definition) is 3. The molecule has 0 aliphatic carbocycles. The summed E-state index contributed by atoms with van der Waals surface area (Å²) in [6.07, 6.45) is 6.88. The lowest BCUT2D eigenvalue weighted by molar-refractivity contribution is -0.0132. The van der Waals surface area contributed by atoms with Gasteiger partial charge in [-0.15, -0.1) is 0 Å². The lowest BCUT2D eigenvalue weighted by Crippen LogP contribution is -2.30. The lowest BCUT2D eigenvalue weighted by atomic mass is 10.2. The summed E-state index contributed by atoms with van der Waals surface area (Å²) in [5, 5.41) is 3.43. The zero-order valence-electron chi connectivity index (χ0n) is 10.8. The summed E-state index contributed by atoms with van der Waals surface area (Å²) >= 11 is 0. The third-order valence-corrected chi connectivity index (χ3v) is 2.98. The zero-order chi connectivity index (χ0) is 11.6. The van der Waals surface area contributed by atoms with Gasteiger partial charge in [0.25, 0.3) is 0 Å². The van der Waals surface area contributed by atoms with Gasteiger partial charge in [0.1, 0.15) is 0 Å². The standard InChI is InChI=1S/C13H27NO2/c1-3-4-5-8-14-10-12(2)16-11-13-7-6-9-15-13/h12-14H,3-11H2,1-2H3. The molecule has 1 aliphatic rings. The van der Waals surface area contributed by atoms with Crippen LogP contribution < -0.4 is 5.32 Å². The fraction of sp³-hybridized carbons (Fsp3) is 1.00. The first-order valence-electron chi connectivity index (χ1n) is 6.77. The first-order chi connectivity index (χ1) is 7.83. The molecule has 1 saturated heterocycles. The third-order valence-electron chi connectivity index (χ3n) is 2.98. The molecule has 0 spiro atoms. The molecule has 3 heteroatoms. The molecule has 1 fully saturated rings. The monoisotopic (exact) mass is 229 g/mol. The summed E-state index contributed by atoms with van der Waals surface area (Å²) < 4.78 is 11.3. The number of ether oxygens (including phenoxy) is 2. The van der Waals surface area contributed by atoms with Gasteiger partial charge in [-0.05, 0) is 32.7 Å². The van der Waals surface area contributed by atoms with Gasteiger partial charge in [0, 0.05) is 13.2 Å². The van der Waals surface area contributed by atoms with Crippen LogP contribution in [0.25, 0.3) is 0 Å². The Kier molecular flexibility index (Phi) is 7.81.